The zero-order valence-electron chi connectivity index (χ0n) is 17.7. The molecule has 2 aromatic rings. The van der Waals surface area contributed by atoms with Crippen molar-refractivity contribution < 1.29 is 14.3 Å². The van der Waals surface area contributed by atoms with Crippen molar-refractivity contribution in [3.63, 3.8) is 0 Å². The number of rotatable bonds is 8. The lowest BCUT2D eigenvalue weighted by Gasteiger charge is -2.16. The lowest BCUT2D eigenvalue weighted by atomic mass is 10.0. The van der Waals surface area contributed by atoms with Gasteiger partial charge in [0.1, 0.15) is 0 Å². The minimum atomic E-state index is -0.123. The third-order valence-corrected chi connectivity index (χ3v) is 5.06. The summed E-state index contributed by atoms with van der Waals surface area (Å²) >= 11 is 0. The molecule has 1 heterocycles. The molecule has 2 N–H and O–H groups in total. The SMILES string of the molecule is CCN(C)Cc1ccc(NC(C)C=C2C(=O)Nc3cc(OC)c(OC)cc32)cc1. The summed E-state index contributed by atoms with van der Waals surface area (Å²) < 4.78 is 10.7. The molecule has 6 nitrogen and oxygen atoms in total. The minimum absolute atomic E-state index is 0.0287. The standard InChI is InChI=1S/C23H29N3O3/c1-6-26(3)14-16-7-9-17(10-8-16)24-15(2)11-19-18-12-21(28-4)22(29-5)13-20(18)25-23(19)27/h7-13,15,24H,6,14H2,1-5H3,(H,25,27). The third kappa shape index (κ3) is 4.71. The Morgan fingerprint density at radius 2 is 1.79 bits per heavy atom. The number of amides is 1. The van der Waals surface area contributed by atoms with E-state index < -0.39 is 0 Å². The highest BCUT2D eigenvalue weighted by molar-refractivity contribution is 6.31. The van der Waals surface area contributed by atoms with Crippen molar-refractivity contribution in [3.8, 4) is 11.5 Å². The molecule has 1 amide bonds. The van der Waals surface area contributed by atoms with E-state index in [2.05, 4.69) is 53.8 Å². The zero-order chi connectivity index (χ0) is 21.0. The van der Waals surface area contributed by atoms with Gasteiger partial charge in [-0.3, -0.25) is 4.79 Å². The second kappa shape index (κ2) is 9.01. The Balaban J connectivity index is 1.76. The highest BCUT2D eigenvalue weighted by atomic mass is 16.5. The van der Waals surface area contributed by atoms with Gasteiger partial charge in [0.25, 0.3) is 5.91 Å². The van der Waals surface area contributed by atoms with Gasteiger partial charge in [-0.15, -0.1) is 0 Å². The molecule has 2 aromatic carbocycles. The van der Waals surface area contributed by atoms with Crippen LogP contribution in [0.1, 0.15) is 25.0 Å². The fourth-order valence-corrected chi connectivity index (χ4v) is 3.37. The number of ether oxygens (including phenoxy) is 2. The molecule has 1 aliphatic rings. The highest BCUT2D eigenvalue weighted by Crippen LogP contribution is 2.40. The van der Waals surface area contributed by atoms with Crippen LogP contribution in [0, 0.1) is 0 Å². The molecule has 0 aromatic heterocycles. The molecule has 0 saturated carbocycles. The summed E-state index contributed by atoms with van der Waals surface area (Å²) in [7, 11) is 5.27. The fourth-order valence-electron chi connectivity index (χ4n) is 3.37. The molecule has 0 saturated heterocycles. The Morgan fingerprint density at radius 1 is 1.14 bits per heavy atom. The monoisotopic (exact) mass is 395 g/mol. The topological polar surface area (TPSA) is 62.8 Å². The van der Waals surface area contributed by atoms with Crippen LogP contribution < -0.4 is 20.1 Å². The van der Waals surface area contributed by atoms with E-state index in [4.69, 9.17) is 9.47 Å². The molecule has 0 aliphatic carbocycles. The molecule has 1 aliphatic heterocycles. The van der Waals surface area contributed by atoms with Crippen molar-refractivity contribution >= 4 is 22.9 Å². The number of hydrogen-bond acceptors (Lipinski definition) is 5. The van der Waals surface area contributed by atoms with Gasteiger partial charge in [0.05, 0.1) is 19.9 Å². The average Bonchev–Trinajstić information content (AvgIpc) is 3.02. The first kappa shape index (κ1) is 20.7. The van der Waals surface area contributed by atoms with Crippen LogP contribution >= 0.6 is 0 Å². The third-order valence-electron chi connectivity index (χ3n) is 5.06. The maximum Gasteiger partial charge on any atom is 0.256 e. The number of anilines is 2. The van der Waals surface area contributed by atoms with Crippen molar-refractivity contribution in [1.82, 2.24) is 4.90 Å². The first-order chi connectivity index (χ1) is 13.9. The number of fused-ring (bicyclic) bond motifs is 1. The molecule has 154 valence electrons. The van der Waals surface area contributed by atoms with E-state index in [0.29, 0.717) is 17.1 Å². The lowest BCUT2D eigenvalue weighted by molar-refractivity contribution is -0.110. The number of nitrogens with one attached hydrogen (secondary N) is 2. The maximum absolute atomic E-state index is 12.5. The summed E-state index contributed by atoms with van der Waals surface area (Å²) in [5, 5.41) is 6.34. The molecular weight excluding hydrogens is 366 g/mol. The second-order valence-electron chi connectivity index (χ2n) is 7.25. The first-order valence-corrected chi connectivity index (χ1v) is 9.78. The number of nitrogens with zero attached hydrogens (tertiary/aromatic N) is 1. The molecule has 0 spiro atoms. The van der Waals surface area contributed by atoms with E-state index in [-0.39, 0.29) is 11.9 Å². The predicted molar refractivity (Wildman–Crippen MR) is 118 cm³/mol. The summed E-state index contributed by atoms with van der Waals surface area (Å²) in [4.78, 5) is 14.8. The zero-order valence-corrected chi connectivity index (χ0v) is 17.7. The number of carbonyl (C=O) groups is 1. The summed E-state index contributed by atoms with van der Waals surface area (Å²) in [5.74, 6) is 1.07. The van der Waals surface area contributed by atoms with Gasteiger partial charge < -0.3 is 25.0 Å². The van der Waals surface area contributed by atoms with Crippen molar-refractivity contribution in [2.24, 2.45) is 0 Å². The Hall–Kier alpha value is -2.99. The Kier molecular flexibility index (Phi) is 6.44. The summed E-state index contributed by atoms with van der Waals surface area (Å²) in [6.07, 6.45) is 1.94. The second-order valence-corrected chi connectivity index (χ2v) is 7.25. The van der Waals surface area contributed by atoms with Gasteiger partial charge in [-0.2, -0.15) is 0 Å². The molecule has 29 heavy (non-hydrogen) atoms. The summed E-state index contributed by atoms with van der Waals surface area (Å²) in [6, 6.07) is 12.0. The molecule has 6 heteroatoms. The molecule has 1 atom stereocenters. The van der Waals surface area contributed by atoms with Crippen molar-refractivity contribution in [2.75, 3.05) is 38.4 Å². The van der Waals surface area contributed by atoms with Crippen LogP contribution in [0.3, 0.4) is 0 Å². The molecule has 0 radical (unpaired) electrons. The normalized spacial score (nSPS) is 15.2. The van der Waals surface area contributed by atoms with Gasteiger partial charge >= 0.3 is 0 Å². The Labute approximate surface area is 172 Å². The fraction of sp³-hybridized carbons (Fsp3) is 0.348. The Morgan fingerprint density at radius 3 is 2.41 bits per heavy atom. The van der Waals surface area contributed by atoms with Gasteiger partial charge in [-0.1, -0.05) is 19.1 Å². The van der Waals surface area contributed by atoms with Crippen LogP contribution in [0.5, 0.6) is 11.5 Å². The smallest absolute Gasteiger partial charge is 0.256 e. The molecule has 1 unspecified atom stereocenters. The van der Waals surface area contributed by atoms with E-state index in [9.17, 15) is 4.79 Å². The van der Waals surface area contributed by atoms with E-state index in [0.717, 1.165) is 30.0 Å². The Bertz CT molecular complexity index is 906. The lowest BCUT2D eigenvalue weighted by Crippen LogP contribution is -2.17. The molecule has 3 rings (SSSR count). The number of methoxy groups -OCH3 is 2. The van der Waals surface area contributed by atoms with Gasteiger partial charge in [0.15, 0.2) is 11.5 Å². The van der Waals surface area contributed by atoms with E-state index in [1.165, 1.54) is 5.56 Å². The average molecular weight is 396 g/mol. The van der Waals surface area contributed by atoms with Crippen molar-refractivity contribution in [1.29, 1.82) is 0 Å². The van der Waals surface area contributed by atoms with Gasteiger partial charge in [0, 0.05) is 35.5 Å². The quantitative estimate of drug-likeness (QED) is 0.662. The highest BCUT2D eigenvalue weighted by Gasteiger charge is 2.27. The van der Waals surface area contributed by atoms with Crippen molar-refractivity contribution in [2.45, 2.75) is 26.4 Å². The maximum atomic E-state index is 12.5. The van der Waals surface area contributed by atoms with Crippen molar-refractivity contribution in [3.05, 3.63) is 53.6 Å². The van der Waals surface area contributed by atoms with E-state index >= 15 is 0 Å². The number of benzene rings is 2. The van der Waals surface area contributed by atoms with Crippen LogP contribution in [0.4, 0.5) is 11.4 Å². The summed E-state index contributed by atoms with van der Waals surface area (Å²) in [5.41, 5.74) is 4.47. The van der Waals surface area contributed by atoms with E-state index in [1.807, 2.05) is 19.1 Å². The number of hydrogen-bond donors (Lipinski definition) is 2. The van der Waals surface area contributed by atoms with Crippen LogP contribution in [0.25, 0.3) is 5.57 Å². The summed E-state index contributed by atoms with van der Waals surface area (Å²) in [6.45, 7) is 6.12. The van der Waals surface area contributed by atoms with Gasteiger partial charge in [-0.05, 0) is 50.4 Å². The van der Waals surface area contributed by atoms with Gasteiger partial charge in [-0.25, -0.2) is 0 Å². The van der Waals surface area contributed by atoms with Crippen LogP contribution in [0.2, 0.25) is 0 Å². The molecular formula is C23H29N3O3. The molecule has 0 bridgehead atoms. The minimum Gasteiger partial charge on any atom is -0.493 e. The van der Waals surface area contributed by atoms with Crippen LogP contribution in [-0.4, -0.2) is 44.7 Å². The molecule has 0 fully saturated rings. The van der Waals surface area contributed by atoms with Crippen LogP contribution in [-0.2, 0) is 11.3 Å². The largest absolute Gasteiger partial charge is 0.493 e. The first-order valence-electron chi connectivity index (χ1n) is 9.78. The number of carbonyl (C=O) groups excluding carboxylic acids is 1. The predicted octanol–water partition coefficient (Wildman–Crippen LogP) is 3.99. The van der Waals surface area contributed by atoms with Crippen LogP contribution in [0.15, 0.2) is 42.5 Å². The van der Waals surface area contributed by atoms with Gasteiger partial charge in [0.2, 0.25) is 0 Å². The van der Waals surface area contributed by atoms with E-state index in [1.54, 1.807) is 20.3 Å².